The Balaban J connectivity index is 1.75. The third kappa shape index (κ3) is 3.77. The van der Waals surface area contributed by atoms with Crippen LogP contribution in [0.4, 0.5) is 10.5 Å². The minimum absolute atomic E-state index is 0.381. The van der Waals surface area contributed by atoms with Crippen molar-refractivity contribution >= 4 is 46.7 Å². The smallest absolute Gasteiger partial charge is 0.323 e. The number of anilines is 1. The van der Waals surface area contributed by atoms with Crippen molar-refractivity contribution in [3.05, 3.63) is 63.6 Å². The number of amides is 4. The third-order valence-corrected chi connectivity index (χ3v) is 4.96. The minimum Gasteiger partial charge on any atom is -0.323 e. The predicted molar refractivity (Wildman–Crippen MR) is 104 cm³/mol. The third-order valence-electron chi connectivity index (χ3n) is 4.40. The van der Waals surface area contributed by atoms with Crippen molar-refractivity contribution in [1.29, 1.82) is 0 Å². The van der Waals surface area contributed by atoms with Gasteiger partial charge in [0.25, 0.3) is 5.91 Å². The molecule has 0 spiro atoms. The number of rotatable bonds is 4. The molecule has 1 atom stereocenters. The van der Waals surface area contributed by atoms with E-state index in [-0.39, 0.29) is 0 Å². The van der Waals surface area contributed by atoms with Gasteiger partial charge in [-0.25, -0.2) is 4.79 Å². The fourth-order valence-electron chi connectivity index (χ4n) is 2.87. The molecule has 1 heterocycles. The number of halogens is 2. The average Bonchev–Trinajstić information content (AvgIpc) is 2.82. The van der Waals surface area contributed by atoms with Gasteiger partial charge in [-0.05, 0) is 49.2 Å². The van der Waals surface area contributed by atoms with E-state index in [0.29, 0.717) is 21.3 Å². The molecule has 2 N–H and O–H groups in total. The number of hydrogen-bond donors (Lipinski definition) is 2. The molecule has 1 saturated heterocycles. The van der Waals surface area contributed by atoms with Gasteiger partial charge in [-0.3, -0.25) is 14.5 Å². The van der Waals surface area contributed by atoms with Gasteiger partial charge in [-0.1, -0.05) is 41.4 Å². The fourth-order valence-corrected chi connectivity index (χ4v) is 3.28. The summed E-state index contributed by atoms with van der Waals surface area (Å²) in [7, 11) is 0. The SMILES string of the molecule is Cc1ccc(NC(=O)CN2C(=O)N[C@](C)(c3ccc(Cl)cc3)C2=O)c(Cl)c1. The highest BCUT2D eigenvalue weighted by Crippen LogP contribution is 2.30. The number of carbonyl (C=O) groups is 3. The predicted octanol–water partition coefficient (Wildman–Crippen LogP) is 3.71. The van der Waals surface area contributed by atoms with E-state index in [1.54, 1.807) is 49.4 Å². The average molecular weight is 406 g/mol. The molecule has 140 valence electrons. The number of benzene rings is 2. The Morgan fingerprint density at radius 1 is 1.15 bits per heavy atom. The van der Waals surface area contributed by atoms with Gasteiger partial charge in [0.15, 0.2) is 0 Å². The maximum atomic E-state index is 12.8. The summed E-state index contributed by atoms with van der Waals surface area (Å²) in [6.45, 7) is 3.05. The van der Waals surface area contributed by atoms with Gasteiger partial charge in [-0.15, -0.1) is 0 Å². The second kappa shape index (κ2) is 7.21. The molecule has 4 amide bonds. The number of nitrogens with one attached hydrogen (secondary N) is 2. The van der Waals surface area contributed by atoms with Gasteiger partial charge in [0, 0.05) is 5.02 Å². The lowest BCUT2D eigenvalue weighted by atomic mass is 9.92. The lowest BCUT2D eigenvalue weighted by molar-refractivity contribution is -0.133. The molecular formula is C19H17Cl2N3O3. The second-order valence-corrected chi connectivity index (χ2v) is 7.33. The number of aryl methyl sites for hydroxylation is 1. The molecule has 0 aromatic heterocycles. The van der Waals surface area contributed by atoms with E-state index in [2.05, 4.69) is 10.6 Å². The molecular weight excluding hydrogens is 389 g/mol. The highest BCUT2D eigenvalue weighted by Gasteiger charge is 2.49. The zero-order valence-electron chi connectivity index (χ0n) is 14.7. The van der Waals surface area contributed by atoms with Crippen molar-refractivity contribution < 1.29 is 14.4 Å². The summed E-state index contributed by atoms with van der Waals surface area (Å²) < 4.78 is 0. The maximum absolute atomic E-state index is 12.8. The normalized spacial score (nSPS) is 19.2. The molecule has 8 heteroatoms. The molecule has 2 aromatic rings. The van der Waals surface area contributed by atoms with Crippen LogP contribution in [0.2, 0.25) is 10.0 Å². The maximum Gasteiger partial charge on any atom is 0.325 e. The minimum atomic E-state index is -1.26. The van der Waals surface area contributed by atoms with Crippen LogP contribution < -0.4 is 10.6 Å². The first-order valence-electron chi connectivity index (χ1n) is 8.17. The number of hydrogen-bond acceptors (Lipinski definition) is 3. The summed E-state index contributed by atoms with van der Waals surface area (Å²) in [6.07, 6.45) is 0. The summed E-state index contributed by atoms with van der Waals surface area (Å²) in [5, 5.41) is 6.16. The number of nitrogens with zero attached hydrogens (tertiary/aromatic N) is 1. The highest BCUT2D eigenvalue weighted by molar-refractivity contribution is 6.33. The standard InChI is InChI=1S/C19H17Cl2N3O3/c1-11-3-8-15(14(21)9-11)22-16(25)10-24-17(26)19(2,23-18(24)27)12-4-6-13(20)7-5-12/h3-9H,10H2,1-2H3,(H,22,25)(H,23,27)/t19-/m1/s1. The fraction of sp³-hybridized carbons (Fsp3) is 0.211. The van der Waals surface area contributed by atoms with Gasteiger partial charge in [0.2, 0.25) is 5.91 Å². The molecule has 0 unspecified atom stereocenters. The summed E-state index contributed by atoms with van der Waals surface area (Å²) in [4.78, 5) is 38.3. The van der Waals surface area contributed by atoms with E-state index in [9.17, 15) is 14.4 Å². The van der Waals surface area contributed by atoms with E-state index in [4.69, 9.17) is 23.2 Å². The summed E-state index contributed by atoms with van der Waals surface area (Å²) in [6, 6.07) is 11.1. The summed E-state index contributed by atoms with van der Waals surface area (Å²) >= 11 is 12.0. The molecule has 1 fully saturated rings. The van der Waals surface area contributed by atoms with Gasteiger partial charge < -0.3 is 10.6 Å². The Labute approximate surface area is 166 Å². The molecule has 0 saturated carbocycles. The van der Waals surface area contributed by atoms with Crippen molar-refractivity contribution in [3.8, 4) is 0 Å². The van der Waals surface area contributed by atoms with Gasteiger partial charge in [0.05, 0.1) is 10.7 Å². The quantitative estimate of drug-likeness (QED) is 0.760. The largest absolute Gasteiger partial charge is 0.325 e. The molecule has 0 bridgehead atoms. The van der Waals surface area contributed by atoms with Crippen molar-refractivity contribution in [2.24, 2.45) is 0 Å². The zero-order valence-corrected chi connectivity index (χ0v) is 16.2. The van der Waals surface area contributed by atoms with Crippen molar-refractivity contribution in [2.75, 3.05) is 11.9 Å². The molecule has 0 aliphatic carbocycles. The second-order valence-electron chi connectivity index (χ2n) is 6.48. The Hall–Kier alpha value is -2.57. The molecule has 1 aliphatic heterocycles. The number of carbonyl (C=O) groups excluding carboxylic acids is 3. The number of urea groups is 1. The summed E-state index contributed by atoms with van der Waals surface area (Å²) in [5.74, 6) is -1.04. The lowest BCUT2D eigenvalue weighted by Crippen LogP contribution is -2.42. The first kappa shape index (κ1) is 19.2. The molecule has 3 rings (SSSR count). The van der Waals surface area contributed by atoms with Crippen molar-refractivity contribution in [3.63, 3.8) is 0 Å². The Morgan fingerprint density at radius 2 is 1.81 bits per heavy atom. The zero-order chi connectivity index (χ0) is 19.8. The first-order chi connectivity index (χ1) is 12.7. The van der Waals surface area contributed by atoms with Crippen molar-refractivity contribution in [1.82, 2.24) is 10.2 Å². The van der Waals surface area contributed by atoms with E-state index in [0.717, 1.165) is 10.5 Å². The monoisotopic (exact) mass is 405 g/mol. The lowest BCUT2D eigenvalue weighted by Gasteiger charge is -2.22. The van der Waals surface area contributed by atoms with E-state index in [1.165, 1.54) is 0 Å². The van der Waals surface area contributed by atoms with Crippen LogP contribution >= 0.6 is 23.2 Å². The first-order valence-corrected chi connectivity index (χ1v) is 8.92. The van der Waals surface area contributed by atoms with Crippen LogP contribution in [-0.4, -0.2) is 29.3 Å². The molecule has 2 aromatic carbocycles. The van der Waals surface area contributed by atoms with Crippen LogP contribution in [0, 0.1) is 6.92 Å². The van der Waals surface area contributed by atoms with E-state index in [1.807, 2.05) is 6.92 Å². The molecule has 6 nitrogen and oxygen atoms in total. The van der Waals surface area contributed by atoms with Crippen LogP contribution in [-0.2, 0) is 15.1 Å². The van der Waals surface area contributed by atoms with Crippen molar-refractivity contribution in [2.45, 2.75) is 19.4 Å². The molecule has 1 aliphatic rings. The molecule has 0 radical (unpaired) electrons. The Kier molecular flexibility index (Phi) is 5.13. The van der Waals surface area contributed by atoms with Gasteiger partial charge in [0.1, 0.15) is 12.1 Å². The topological polar surface area (TPSA) is 78.5 Å². The van der Waals surface area contributed by atoms with Crippen LogP contribution in [0.5, 0.6) is 0 Å². The Morgan fingerprint density at radius 3 is 2.44 bits per heavy atom. The summed E-state index contributed by atoms with van der Waals surface area (Å²) in [5.41, 5.74) is 0.684. The Bertz CT molecular complexity index is 930. The van der Waals surface area contributed by atoms with Gasteiger partial charge in [-0.2, -0.15) is 0 Å². The van der Waals surface area contributed by atoms with Crippen LogP contribution in [0.15, 0.2) is 42.5 Å². The van der Waals surface area contributed by atoms with E-state index >= 15 is 0 Å². The van der Waals surface area contributed by atoms with Crippen LogP contribution in [0.1, 0.15) is 18.1 Å². The molecule has 27 heavy (non-hydrogen) atoms. The van der Waals surface area contributed by atoms with Gasteiger partial charge >= 0.3 is 6.03 Å². The highest BCUT2D eigenvalue weighted by atomic mass is 35.5. The van der Waals surface area contributed by atoms with Crippen LogP contribution in [0.25, 0.3) is 0 Å². The van der Waals surface area contributed by atoms with E-state index < -0.39 is 29.9 Å². The van der Waals surface area contributed by atoms with Crippen LogP contribution in [0.3, 0.4) is 0 Å². The number of imide groups is 1.